The van der Waals surface area contributed by atoms with Gasteiger partial charge in [-0.15, -0.1) is 0 Å². The van der Waals surface area contributed by atoms with Gasteiger partial charge in [0.1, 0.15) is 0 Å². The molecule has 6 heteroatoms. The molecule has 0 aliphatic carbocycles. The van der Waals surface area contributed by atoms with Crippen molar-refractivity contribution < 1.29 is 9.90 Å². The number of nitrogens with one attached hydrogen (secondary N) is 1. The number of aliphatic hydroxyl groups is 1. The number of aliphatic hydroxyl groups excluding tert-OH is 1. The van der Waals surface area contributed by atoms with Crippen molar-refractivity contribution in [3.8, 4) is 0 Å². The fourth-order valence-corrected chi connectivity index (χ4v) is 3.01. The molecule has 1 saturated heterocycles. The molecular formula is C15H20Cl2N2O2. The van der Waals surface area contributed by atoms with Gasteiger partial charge in [-0.3, -0.25) is 0 Å². The summed E-state index contributed by atoms with van der Waals surface area (Å²) in [6.45, 7) is 3.46. The van der Waals surface area contributed by atoms with Crippen molar-refractivity contribution in [2.24, 2.45) is 5.92 Å². The third-order valence-corrected chi connectivity index (χ3v) is 4.46. The molecule has 1 aliphatic heterocycles. The zero-order chi connectivity index (χ0) is 15.4. The molecule has 0 saturated carbocycles. The number of benzene rings is 1. The standard InChI is InChI=1S/C15H20Cl2N2O2/c1-10(20)12-3-2-6-19(9-12)15(21)18-8-11-4-5-13(16)7-14(11)17/h4-5,7,10,12,20H,2-3,6,8-9H2,1H3,(H,18,21). The fraction of sp³-hybridized carbons (Fsp3) is 0.533. The molecule has 0 spiro atoms. The van der Waals surface area contributed by atoms with Crippen LogP contribution in [0.1, 0.15) is 25.3 Å². The van der Waals surface area contributed by atoms with E-state index < -0.39 is 0 Å². The van der Waals surface area contributed by atoms with Crippen LogP contribution >= 0.6 is 23.2 Å². The molecule has 2 amide bonds. The first-order chi connectivity index (χ1) is 9.97. The first-order valence-electron chi connectivity index (χ1n) is 7.12. The molecule has 4 nitrogen and oxygen atoms in total. The number of piperidine rings is 1. The van der Waals surface area contributed by atoms with Gasteiger partial charge in [-0.25, -0.2) is 4.79 Å². The lowest BCUT2D eigenvalue weighted by Gasteiger charge is -2.34. The van der Waals surface area contributed by atoms with Crippen LogP contribution in [0.4, 0.5) is 4.79 Å². The van der Waals surface area contributed by atoms with E-state index >= 15 is 0 Å². The van der Waals surface area contributed by atoms with Gasteiger partial charge in [0.2, 0.25) is 0 Å². The Morgan fingerprint density at radius 2 is 2.29 bits per heavy atom. The monoisotopic (exact) mass is 330 g/mol. The van der Waals surface area contributed by atoms with Gasteiger partial charge in [-0.2, -0.15) is 0 Å². The highest BCUT2D eigenvalue weighted by Crippen LogP contribution is 2.22. The minimum Gasteiger partial charge on any atom is -0.393 e. The van der Waals surface area contributed by atoms with E-state index in [0.717, 1.165) is 24.9 Å². The van der Waals surface area contributed by atoms with Gasteiger partial charge in [-0.1, -0.05) is 29.3 Å². The van der Waals surface area contributed by atoms with Crippen molar-refractivity contribution in [3.05, 3.63) is 33.8 Å². The van der Waals surface area contributed by atoms with Gasteiger partial charge < -0.3 is 15.3 Å². The zero-order valence-corrected chi connectivity index (χ0v) is 13.5. The Labute approximate surface area is 135 Å². The number of carbonyl (C=O) groups excluding carboxylic acids is 1. The van der Waals surface area contributed by atoms with E-state index in [1.54, 1.807) is 30.0 Å². The lowest BCUT2D eigenvalue weighted by Crippen LogP contribution is -2.47. The average Bonchev–Trinajstić information content (AvgIpc) is 2.46. The van der Waals surface area contributed by atoms with Gasteiger partial charge >= 0.3 is 6.03 Å². The van der Waals surface area contributed by atoms with E-state index in [2.05, 4.69) is 5.32 Å². The first kappa shape index (κ1) is 16.4. The second-order valence-corrected chi connectivity index (χ2v) is 6.33. The topological polar surface area (TPSA) is 52.6 Å². The molecule has 1 heterocycles. The smallest absolute Gasteiger partial charge is 0.317 e. The minimum atomic E-state index is -0.383. The van der Waals surface area contributed by atoms with Crippen LogP contribution in [0.25, 0.3) is 0 Å². The molecule has 1 aromatic carbocycles. The van der Waals surface area contributed by atoms with Crippen molar-refractivity contribution in [3.63, 3.8) is 0 Å². The third-order valence-electron chi connectivity index (χ3n) is 3.87. The Hall–Kier alpha value is -0.970. The van der Waals surface area contributed by atoms with Crippen molar-refractivity contribution >= 4 is 29.2 Å². The van der Waals surface area contributed by atoms with E-state index in [9.17, 15) is 9.90 Å². The molecular weight excluding hydrogens is 311 g/mol. The summed E-state index contributed by atoms with van der Waals surface area (Å²) in [6, 6.07) is 5.10. The lowest BCUT2D eigenvalue weighted by atomic mass is 9.94. The van der Waals surface area contributed by atoms with Crippen LogP contribution in [0.15, 0.2) is 18.2 Å². The van der Waals surface area contributed by atoms with Crippen LogP contribution in [0, 0.1) is 5.92 Å². The summed E-state index contributed by atoms with van der Waals surface area (Å²) in [5, 5.41) is 13.6. The highest BCUT2D eigenvalue weighted by atomic mass is 35.5. The summed E-state index contributed by atoms with van der Waals surface area (Å²) < 4.78 is 0. The Kier molecular flexibility index (Phi) is 5.73. The lowest BCUT2D eigenvalue weighted by molar-refractivity contribution is 0.0738. The number of amides is 2. The molecule has 21 heavy (non-hydrogen) atoms. The third kappa shape index (κ3) is 4.50. The summed E-state index contributed by atoms with van der Waals surface area (Å²) in [7, 11) is 0. The number of nitrogens with zero attached hydrogens (tertiary/aromatic N) is 1. The van der Waals surface area contributed by atoms with Crippen molar-refractivity contribution in [1.29, 1.82) is 0 Å². The van der Waals surface area contributed by atoms with E-state index in [1.807, 2.05) is 0 Å². The van der Waals surface area contributed by atoms with Gasteiger partial charge in [-0.05, 0) is 37.5 Å². The van der Waals surface area contributed by atoms with Crippen LogP contribution in [-0.4, -0.2) is 35.2 Å². The van der Waals surface area contributed by atoms with Gasteiger partial charge in [0.05, 0.1) is 6.10 Å². The molecule has 2 N–H and O–H groups in total. The number of rotatable bonds is 3. The minimum absolute atomic E-state index is 0.119. The predicted molar refractivity (Wildman–Crippen MR) is 84.7 cm³/mol. The van der Waals surface area contributed by atoms with Gasteiger partial charge in [0, 0.05) is 35.6 Å². The van der Waals surface area contributed by atoms with Crippen LogP contribution in [0.5, 0.6) is 0 Å². The van der Waals surface area contributed by atoms with Crippen LogP contribution in [0.2, 0.25) is 10.0 Å². The van der Waals surface area contributed by atoms with E-state index in [0.29, 0.717) is 23.1 Å². The molecule has 0 bridgehead atoms. The Morgan fingerprint density at radius 1 is 1.52 bits per heavy atom. The number of hydrogen-bond donors (Lipinski definition) is 2. The van der Waals surface area contributed by atoms with E-state index in [4.69, 9.17) is 23.2 Å². The van der Waals surface area contributed by atoms with Crippen molar-refractivity contribution in [2.45, 2.75) is 32.4 Å². The maximum absolute atomic E-state index is 12.2. The Bertz CT molecular complexity index is 508. The highest BCUT2D eigenvalue weighted by molar-refractivity contribution is 6.35. The summed E-state index contributed by atoms with van der Waals surface area (Å²) in [6.07, 6.45) is 1.50. The molecule has 1 fully saturated rings. The SMILES string of the molecule is CC(O)C1CCCN(C(=O)NCc2ccc(Cl)cc2Cl)C1. The molecule has 0 radical (unpaired) electrons. The highest BCUT2D eigenvalue weighted by Gasteiger charge is 2.26. The number of halogens is 2. The van der Waals surface area contributed by atoms with E-state index in [1.165, 1.54) is 0 Å². The average molecular weight is 331 g/mol. The summed E-state index contributed by atoms with van der Waals surface area (Å²) >= 11 is 11.9. The summed E-state index contributed by atoms with van der Waals surface area (Å²) in [5.41, 5.74) is 0.832. The molecule has 2 atom stereocenters. The van der Waals surface area contributed by atoms with Crippen LogP contribution in [0.3, 0.4) is 0 Å². The molecule has 116 valence electrons. The van der Waals surface area contributed by atoms with Crippen LogP contribution in [-0.2, 0) is 6.54 Å². The maximum Gasteiger partial charge on any atom is 0.317 e. The largest absolute Gasteiger partial charge is 0.393 e. The van der Waals surface area contributed by atoms with E-state index in [-0.39, 0.29) is 18.1 Å². The predicted octanol–water partition coefficient (Wildman–Crippen LogP) is 3.30. The Balaban J connectivity index is 1.89. The molecule has 2 unspecified atom stereocenters. The number of likely N-dealkylation sites (tertiary alicyclic amines) is 1. The summed E-state index contributed by atoms with van der Waals surface area (Å²) in [4.78, 5) is 13.9. The first-order valence-corrected chi connectivity index (χ1v) is 7.87. The van der Waals surface area contributed by atoms with Crippen LogP contribution < -0.4 is 5.32 Å². The quantitative estimate of drug-likeness (QED) is 0.893. The summed E-state index contributed by atoms with van der Waals surface area (Å²) in [5.74, 6) is 0.156. The molecule has 1 aliphatic rings. The molecule has 0 aromatic heterocycles. The zero-order valence-electron chi connectivity index (χ0n) is 12.0. The number of urea groups is 1. The Morgan fingerprint density at radius 3 is 2.95 bits per heavy atom. The number of carbonyl (C=O) groups is 1. The fourth-order valence-electron chi connectivity index (χ4n) is 2.54. The number of hydrogen-bond acceptors (Lipinski definition) is 2. The maximum atomic E-state index is 12.2. The van der Waals surface area contributed by atoms with Crippen molar-refractivity contribution in [1.82, 2.24) is 10.2 Å². The molecule has 1 aromatic rings. The van der Waals surface area contributed by atoms with Gasteiger partial charge in [0.15, 0.2) is 0 Å². The van der Waals surface area contributed by atoms with Crippen molar-refractivity contribution in [2.75, 3.05) is 13.1 Å². The molecule has 2 rings (SSSR count). The normalized spacial score (nSPS) is 20.2. The second kappa shape index (κ2) is 7.34. The second-order valence-electron chi connectivity index (χ2n) is 5.48. The van der Waals surface area contributed by atoms with Gasteiger partial charge in [0.25, 0.3) is 0 Å².